The Labute approximate surface area is 61.6 Å². The Balaban J connectivity index is 2.40. The number of rotatable bonds is 3. The van der Waals surface area contributed by atoms with Crippen LogP contribution in [-0.2, 0) is 9.53 Å². The summed E-state index contributed by atoms with van der Waals surface area (Å²) in [5.74, 6) is 0.709. The van der Waals surface area contributed by atoms with E-state index in [-0.39, 0.29) is 5.41 Å². The fourth-order valence-corrected chi connectivity index (χ4v) is 1.86. The standard InChI is InChI=1S/C8H14O2/c1-7-3-8(4-7,5-9)6-10-2/h5,7H,3-4,6H2,1-2H3. The van der Waals surface area contributed by atoms with E-state index in [2.05, 4.69) is 6.92 Å². The van der Waals surface area contributed by atoms with Gasteiger partial charge in [0.05, 0.1) is 6.61 Å². The zero-order valence-corrected chi connectivity index (χ0v) is 6.59. The first kappa shape index (κ1) is 7.73. The highest BCUT2D eigenvalue weighted by Gasteiger charge is 2.41. The normalized spacial score (nSPS) is 38.8. The number of carbonyl (C=O) groups excluding carboxylic acids is 1. The number of ether oxygens (including phenoxy) is 1. The molecule has 0 aromatic carbocycles. The molecule has 1 saturated carbocycles. The van der Waals surface area contributed by atoms with Gasteiger partial charge in [0.15, 0.2) is 0 Å². The van der Waals surface area contributed by atoms with Crippen LogP contribution in [0.15, 0.2) is 0 Å². The molecule has 58 valence electrons. The third kappa shape index (κ3) is 1.21. The summed E-state index contributed by atoms with van der Waals surface area (Å²) in [4.78, 5) is 10.6. The smallest absolute Gasteiger partial charge is 0.128 e. The molecule has 2 nitrogen and oxygen atoms in total. The Morgan fingerprint density at radius 2 is 2.30 bits per heavy atom. The second kappa shape index (κ2) is 2.70. The third-order valence-electron chi connectivity index (χ3n) is 2.19. The van der Waals surface area contributed by atoms with Crippen molar-refractivity contribution >= 4 is 6.29 Å². The maximum Gasteiger partial charge on any atom is 0.128 e. The van der Waals surface area contributed by atoms with Crippen molar-refractivity contribution in [3.8, 4) is 0 Å². The van der Waals surface area contributed by atoms with E-state index in [0.717, 1.165) is 19.1 Å². The summed E-state index contributed by atoms with van der Waals surface area (Å²) in [5.41, 5.74) is -0.117. The summed E-state index contributed by atoms with van der Waals surface area (Å²) in [6.07, 6.45) is 3.06. The largest absolute Gasteiger partial charge is 0.384 e. The summed E-state index contributed by atoms with van der Waals surface area (Å²) >= 11 is 0. The first-order valence-electron chi connectivity index (χ1n) is 3.68. The van der Waals surface area contributed by atoms with Crippen molar-refractivity contribution in [3.63, 3.8) is 0 Å². The van der Waals surface area contributed by atoms with Gasteiger partial charge in [-0.05, 0) is 18.8 Å². The van der Waals surface area contributed by atoms with Crippen LogP contribution >= 0.6 is 0 Å². The molecule has 0 spiro atoms. The first-order valence-corrected chi connectivity index (χ1v) is 3.68. The van der Waals surface area contributed by atoms with Crippen molar-refractivity contribution in [2.75, 3.05) is 13.7 Å². The van der Waals surface area contributed by atoms with Gasteiger partial charge in [-0.15, -0.1) is 0 Å². The molecule has 0 saturated heterocycles. The average Bonchev–Trinajstić information content (AvgIpc) is 1.84. The topological polar surface area (TPSA) is 26.3 Å². The average molecular weight is 142 g/mol. The van der Waals surface area contributed by atoms with Gasteiger partial charge in [-0.1, -0.05) is 6.92 Å². The van der Waals surface area contributed by atoms with Gasteiger partial charge < -0.3 is 9.53 Å². The second-order valence-electron chi connectivity index (χ2n) is 3.43. The molecule has 0 aromatic rings. The van der Waals surface area contributed by atoms with Crippen molar-refractivity contribution in [1.29, 1.82) is 0 Å². The maximum absolute atomic E-state index is 10.6. The van der Waals surface area contributed by atoms with Crippen LogP contribution in [0.5, 0.6) is 0 Å². The fraction of sp³-hybridized carbons (Fsp3) is 0.875. The van der Waals surface area contributed by atoms with Crippen LogP contribution < -0.4 is 0 Å². The first-order chi connectivity index (χ1) is 4.72. The molecule has 0 aliphatic heterocycles. The minimum absolute atomic E-state index is 0.117. The molecular weight excluding hydrogens is 128 g/mol. The Morgan fingerprint density at radius 1 is 1.70 bits per heavy atom. The van der Waals surface area contributed by atoms with E-state index in [4.69, 9.17) is 4.74 Å². The van der Waals surface area contributed by atoms with E-state index >= 15 is 0 Å². The molecule has 0 aromatic heterocycles. The van der Waals surface area contributed by atoms with Crippen molar-refractivity contribution in [2.24, 2.45) is 11.3 Å². The van der Waals surface area contributed by atoms with Gasteiger partial charge in [-0.2, -0.15) is 0 Å². The zero-order valence-electron chi connectivity index (χ0n) is 6.59. The Kier molecular flexibility index (Phi) is 2.09. The van der Waals surface area contributed by atoms with E-state index in [1.807, 2.05) is 0 Å². The van der Waals surface area contributed by atoms with Gasteiger partial charge in [0.2, 0.25) is 0 Å². The zero-order chi connectivity index (χ0) is 7.61. The molecule has 0 N–H and O–H groups in total. The lowest BCUT2D eigenvalue weighted by Crippen LogP contribution is -2.40. The molecule has 1 rings (SSSR count). The van der Waals surface area contributed by atoms with Gasteiger partial charge in [-0.3, -0.25) is 0 Å². The van der Waals surface area contributed by atoms with E-state index in [1.165, 1.54) is 0 Å². The highest BCUT2D eigenvalue weighted by molar-refractivity contribution is 5.61. The fourth-order valence-electron chi connectivity index (χ4n) is 1.86. The molecule has 0 bridgehead atoms. The Morgan fingerprint density at radius 3 is 2.60 bits per heavy atom. The Hall–Kier alpha value is -0.370. The third-order valence-corrected chi connectivity index (χ3v) is 2.19. The molecule has 2 heteroatoms. The number of hydrogen-bond donors (Lipinski definition) is 0. The summed E-state index contributed by atoms with van der Waals surface area (Å²) in [7, 11) is 1.65. The molecule has 0 amide bonds. The minimum Gasteiger partial charge on any atom is -0.384 e. The predicted molar refractivity (Wildman–Crippen MR) is 38.8 cm³/mol. The van der Waals surface area contributed by atoms with Gasteiger partial charge in [-0.25, -0.2) is 0 Å². The van der Waals surface area contributed by atoms with Crippen LogP contribution in [0.4, 0.5) is 0 Å². The molecular formula is C8H14O2. The van der Waals surface area contributed by atoms with Crippen LogP contribution in [-0.4, -0.2) is 20.0 Å². The second-order valence-corrected chi connectivity index (χ2v) is 3.43. The van der Waals surface area contributed by atoms with E-state index in [9.17, 15) is 4.79 Å². The SMILES string of the molecule is COCC1(C=O)CC(C)C1. The van der Waals surface area contributed by atoms with E-state index in [1.54, 1.807) is 7.11 Å². The lowest BCUT2D eigenvalue weighted by Gasteiger charge is -2.41. The van der Waals surface area contributed by atoms with Crippen LogP contribution in [0, 0.1) is 11.3 Å². The molecule has 1 aliphatic rings. The number of hydrogen-bond acceptors (Lipinski definition) is 2. The maximum atomic E-state index is 10.6. The van der Waals surface area contributed by atoms with Crippen molar-refractivity contribution in [2.45, 2.75) is 19.8 Å². The molecule has 0 radical (unpaired) electrons. The highest BCUT2D eigenvalue weighted by atomic mass is 16.5. The number of aldehydes is 1. The molecule has 0 atom stereocenters. The summed E-state index contributed by atoms with van der Waals surface area (Å²) in [5, 5.41) is 0. The Bertz CT molecular complexity index is 120. The lowest BCUT2D eigenvalue weighted by atomic mass is 9.64. The number of methoxy groups -OCH3 is 1. The quantitative estimate of drug-likeness (QED) is 0.554. The van der Waals surface area contributed by atoms with Gasteiger partial charge in [0.25, 0.3) is 0 Å². The summed E-state index contributed by atoms with van der Waals surface area (Å²) in [6, 6.07) is 0. The molecule has 0 heterocycles. The lowest BCUT2D eigenvalue weighted by molar-refractivity contribution is -0.128. The van der Waals surface area contributed by atoms with Crippen molar-refractivity contribution < 1.29 is 9.53 Å². The highest BCUT2D eigenvalue weighted by Crippen LogP contribution is 2.43. The van der Waals surface area contributed by atoms with E-state index < -0.39 is 0 Å². The van der Waals surface area contributed by atoms with E-state index in [0.29, 0.717) is 12.5 Å². The van der Waals surface area contributed by atoms with Crippen molar-refractivity contribution in [1.82, 2.24) is 0 Å². The van der Waals surface area contributed by atoms with Gasteiger partial charge >= 0.3 is 0 Å². The van der Waals surface area contributed by atoms with Crippen LogP contribution in [0.3, 0.4) is 0 Å². The summed E-state index contributed by atoms with van der Waals surface area (Å²) < 4.78 is 4.96. The predicted octanol–water partition coefficient (Wildman–Crippen LogP) is 1.25. The molecule has 10 heavy (non-hydrogen) atoms. The van der Waals surface area contributed by atoms with Crippen LogP contribution in [0.25, 0.3) is 0 Å². The van der Waals surface area contributed by atoms with Crippen LogP contribution in [0.1, 0.15) is 19.8 Å². The monoisotopic (exact) mass is 142 g/mol. The van der Waals surface area contributed by atoms with Gasteiger partial charge in [0, 0.05) is 12.5 Å². The van der Waals surface area contributed by atoms with Crippen molar-refractivity contribution in [3.05, 3.63) is 0 Å². The molecule has 1 aliphatic carbocycles. The number of carbonyl (C=O) groups is 1. The summed E-state index contributed by atoms with van der Waals surface area (Å²) in [6.45, 7) is 2.76. The minimum atomic E-state index is -0.117. The molecule has 0 unspecified atom stereocenters. The molecule has 1 fully saturated rings. The van der Waals surface area contributed by atoms with Crippen LogP contribution in [0.2, 0.25) is 0 Å². The van der Waals surface area contributed by atoms with Gasteiger partial charge in [0.1, 0.15) is 6.29 Å².